The van der Waals surface area contributed by atoms with Gasteiger partial charge in [0.15, 0.2) is 0 Å². The standard InChI is InChI=1S/C14H17NOS/c1-9-4-5-12(16-3)11(8-9)14-7-6-13(17-14)10(2)15/h4-8,10H,15H2,1-3H3. The van der Waals surface area contributed by atoms with Crippen molar-refractivity contribution in [2.24, 2.45) is 5.73 Å². The zero-order valence-corrected chi connectivity index (χ0v) is 11.2. The number of rotatable bonds is 3. The van der Waals surface area contributed by atoms with Gasteiger partial charge in [-0.25, -0.2) is 0 Å². The van der Waals surface area contributed by atoms with E-state index in [2.05, 4.69) is 31.2 Å². The zero-order chi connectivity index (χ0) is 12.4. The van der Waals surface area contributed by atoms with E-state index >= 15 is 0 Å². The Morgan fingerprint density at radius 1 is 1.24 bits per heavy atom. The van der Waals surface area contributed by atoms with Crippen LogP contribution in [0.1, 0.15) is 23.4 Å². The average molecular weight is 247 g/mol. The smallest absolute Gasteiger partial charge is 0.127 e. The van der Waals surface area contributed by atoms with Crippen molar-refractivity contribution in [3.63, 3.8) is 0 Å². The minimum atomic E-state index is 0.0876. The fraction of sp³-hybridized carbons (Fsp3) is 0.286. The molecule has 2 aromatic rings. The highest BCUT2D eigenvalue weighted by atomic mass is 32.1. The molecule has 0 aliphatic heterocycles. The highest BCUT2D eigenvalue weighted by molar-refractivity contribution is 7.15. The lowest BCUT2D eigenvalue weighted by Gasteiger charge is -2.07. The van der Waals surface area contributed by atoms with E-state index in [-0.39, 0.29) is 6.04 Å². The van der Waals surface area contributed by atoms with Gasteiger partial charge >= 0.3 is 0 Å². The van der Waals surface area contributed by atoms with Crippen LogP contribution in [-0.2, 0) is 0 Å². The Kier molecular flexibility index (Phi) is 3.50. The van der Waals surface area contributed by atoms with Gasteiger partial charge < -0.3 is 10.5 Å². The highest BCUT2D eigenvalue weighted by Crippen LogP contribution is 2.36. The zero-order valence-electron chi connectivity index (χ0n) is 10.4. The van der Waals surface area contributed by atoms with Crippen molar-refractivity contribution in [1.82, 2.24) is 0 Å². The summed E-state index contributed by atoms with van der Waals surface area (Å²) in [5, 5.41) is 0. The van der Waals surface area contributed by atoms with Gasteiger partial charge in [-0.2, -0.15) is 0 Å². The van der Waals surface area contributed by atoms with Crippen molar-refractivity contribution in [1.29, 1.82) is 0 Å². The summed E-state index contributed by atoms with van der Waals surface area (Å²) in [5.41, 5.74) is 8.26. The molecular weight excluding hydrogens is 230 g/mol. The van der Waals surface area contributed by atoms with Crippen LogP contribution in [0.5, 0.6) is 5.75 Å². The molecule has 17 heavy (non-hydrogen) atoms. The summed E-state index contributed by atoms with van der Waals surface area (Å²) in [6.45, 7) is 4.09. The first-order valence-electron chi connectivity index (χ1n) is 5.62. The number of methoxy groups -OCH3 is 1. The molecule has 2 rings (SSSR count). The molecule has 1 aromatic carbocycles. The Balaban J connectivity index is 2.47. The third kappa shape index (κ3) is 2.51. The number of hydrogen-bond donors (Lipinski definition) is 1. The lowest BCUT2D eigenvalue weighted by atomic mass is 10.1. The largest absolute Gasteiger partial charge is 0.496 e. The van der Waals surface area contributed by atoms with E-state index in [1.807, 2.05) is 13.0 Å². The van der Waals surface area contributed by atoms with Crippen LogP contribution in [0.4, 0.5) is 0 Å². The minimum absolute atomic E-state index is 0.0876. The van der Waals surface area contributed by atoms with Gasteiger partial charge in [0.05, 0.1) is 7.11 Å². The molecule has 0 saturated carbocycles. The summed E-state index contributed by atoms with van der Waals surface area (Å²) in [5.74, 6) is 0.911. The molecule has 0 aliphatic rings. The number of benzene rings is 1. The molecule has 0 amide bonds. The average Bonchev–Trinajstić information content (AvgIpc) is 2.78. The van der Waals surface area contributed by atoms with Crippen molar-refractivity contribution in [2.45, 2.75) is 19.9 Å². The molecule has 90 valence electrons. The summed E-state index contributed by atoms with van der Waals surface area (Å²) in [7, 11) is 1.70. The van der Waals surface area contributed by atoms with Crippen molar-refractivity contribution < 1.29 is 4.74 Å². The molecule has 2 N–H and O–H groups in total. The molecule has 1 atom stereocenters. The fourth-order valence-corrected chi connectivity index (χ4v) is 2.74. The lowest BCUT2D eigenvalue weighted by molar-refractivity contribution is 0.416. The topological polar surface area (TPSA) is 35.2 Å². The van der Waals surface area contributed by atoms with E-state index in [0.29, 0.717) is 0 Å². The second kappa shape index (κ2) is 4.90. The third-order valence-corrected chi connectivity index (χ3v) is 4.02. The Labute approximate surface area is 106 Å². The van der Waals surface area contributed by atoms with E-state index in [1.54, 1.807) is 18.4 Å². The molecule has 3 heteroatoms. The number of ether oxygens (including phenoxy) is 1. The Morgan fingerprint density at radius 3 is 2.59 bits per heavy atom. The molecule has 0 fully saturated rings. The maximum Gasteiger partial charge on any atom is 0.127 e. The molecule has 1 heterocycles. The first-order chi connectivity index (χ1) is 8.11. The van der Waals surface area contributed by atoms with E-state index < -0.39 is 0 Å². The third-order valence-electron chi connectivity index (χ3n) is 2.70. The van der Waals surface area contributed by atoms with Gasteiger partial charge in [-0.15, -0.1) is 11.3 Å². The fourth-order valence-electron chi connectivity index (χ4n) is 1.76. The van der Waals surface area contributed by atoms with E-state index in [1.165, 1.54) is 15.3 Å². The van der Waals surface area contributed by atoms with Gasteiger partial charge in [-0.1, -0.05) is 11.6 Å². The van der Waals surface area contributed by atoms with Gasteiger partial charge in [0.25, 0.3) is 0 Å². The number of hydrogen-bond acceptors (Lipinski definition) is 3. The monoisotopic (exact) mass is 247 g/mol. The summed E-state index contributed by atoms with van der Waals surface area (Å²) >= 11 is 1.73. The number of aryl methyl sites for hydroxylation is 1. The second-order valence-electron chi connectivity index (χ2n) is 4.19. The quantitative estimate of drug-likeness (QED) is 0.896. The van der Waals surface area contributed by atoms with Gasteiger partial charge in [0, 0.05) is 21.4 Å². The predicted molar refractivity (Wildman–Crippen MR) is 73.6 cm³/mol. The van der Waals surface area contributed by atoms with Crippen LogP contribution in [-0.4, -0.2) is 7.11 Å². The van der Waals surface area contributed by atoms with Gasteiger partial charge in [-0.3, -0.25) is 0 Å². The van der Waals surface area contributed by atoms with E-state index in [0.717, 1.165) is 11.3 Å². The van der Waals surface area contributed by atoms with Gasteiger partial charge in [-0.05, 0) is 38.1 Å². The van der Waals surface area contributed by atoms with E-state index in [9.17, 15) is 0 Å². The maximum atomic E-state index is 5.88. The van der Waals surface area contributed by atoms with Crippen LogP contribution in [0.15, 0.2) is 30.3 Å². The number of nitrogens with two attached hydrogens (primary N) is 1. The SMILES string of the molecule is COc1ccc(C)cc1-c1ccc(C(C)N)s1. The Morgan fingerprint density at radius 2 is 2.00 bits per heavy atom. The second-order valence-corrected chi connectivity index (χ2v) is 5.31. The Bertz CT molecular complexity index is 517. The number of thiophene rings is 1. The summed E-state index contributed by atoms with van der Waals surface area (Å²) in [4.78, 5) is 2.40. The van der Waals surface area contributed by atoms with Crippen molar-refractivity contribution >= 4 is 11.3 Å². The summed E-state index contributed by atoms with van der Waals surface area (Å²) < 4.78 is 5.40. The normalized spacial score (nSPS) is 12.5. The molecule has 0 aliphatic carbocycles. The Hall–Kier alpha value is -1.32. The van der Waals surface area contributed by atoms with Crippen LogP contribution in [0.3, 0.4) is 0 Å². The van der Waals surface area contributed by atoms with Crippen LogP contribution in [0.2, 0.25) is 0 Å². The van der Waals surface area contributed by atoms with Crippen molar-refractivity contribution in [3.05, 3.63) is 40.8 Å². The van der Waals surface area contributed by atoms with Crippen LogP contribution in [0, 0.1) is 6.92 Å². The molecule has 0 saturated heterocycles. The first-order valence-corrected chi connectivity index (χ1v) is 6.44. The van der Waals surface area contributed by atoms with Gasteiger partial charge in [0.2, 0.25) is 0 Å². The highest BCUT2D eigenvalue weighted by Gasteiger charge is 2.10. The molecule has 0 spiro atoms. The minimum Gasteiger partial charge on any atom is -0.496 e. The lowest BCUT2D eigenvalue weighted by Crippen LogP contribution is -2.01. The predicted octanol–water partition coefficient (Wildman–Crippen LogP) is 3.75. The van der Waals surface area contributed by atoms with Gasteiger partial charge in [0.1, 0.15) is 5.75 Å². The molecular formula is C14H17NOS. The van der Waals surface area contributed by atoms with Crippen LogP contribution in [0.25, 0.3) is 10.4 Å². The first kappa shape index (κ1) is 12.1. The molecule has 0 radical (unpaired) electrons. The molecule has 1 unspecified atom stereocenters. The van der Waals surface area contributed by atoms with Crippen molar-refractivity contribution in [3.8, 4) is 16.2 Å². The summed E-state index contributed by atoms with van der Waals surface area (Å²) in [6.07, 6.45) is 0. The summed E-state index contributed by atoms with van der Waals surface area (Å²) in [6, 6.07) is 10.5. The van der Waals surface area contributed by atoms with Crippen LogP contribution < -0.4 is 10.5 Å². The van der Waals surface area contributed by atoms with E-state index in [4.69, 9.17) is 10.5 Å². The molecule has 0 bridgehead atoms. The maximum absolute atomic E-state index is 5.88. The molecule has 2 nitrogen and oxygen atoms in total. The molecule has 1 aromatic heterocycles. The van der Waals surface area contributed by atoms with Crippen molar-refractivity contribution in [2.75, 3.05) is 7.11 Å². The van der Waals surface area contributed by atoms with Crippen LogP contribution >= 0.6 is 11.3 Å².